The average Bonchev–Trinajstić information content (AvgIpc) is 2.53. The van der Waals surface area contributed by atoms with Crippen molar-refractivity contribution < 1.29 is 14.3 Å². The van der Waals surface area contributed by atoms with Gasteiger partial charge in [0.1, 0.15) is 12.4 Å². The van der Waals surface area contributed by atoms with Crippen molar-refractivity contribution in [3.8, 4) is 17.0 Å². The lowest BCUT2D eigenvalue weighted by molar-refractivity contribution is 0.0519. The molecule has 1 heterocycles. The molecule has 0 saturated heterocycles. The van der Waals surface area contributed by atoms with Gasteiger partial charge in [-0.2, -0.15) is 0 Å². The molecule has 2 rings (SSSR count). The topological polar surface area (TPSA) is 87.3 Å². The second kappa shape index (κ2) is 7.21. The van der Waals surface area contributed by atoms with Crippen LogP contribution in [0, 0.1) is 0 Å². The molecule has 6 heteroatoms. The Balaban J connectivity index is 2.44. The third kappa shape index (κ3) is 3.60. The van der Waals surface area contributed by atoms with Gasteiger partial charge in [-0.25, -0.2) is 14.8 Å². The Morgan fingerprint density at radius 1 is 1.36 bits per heavy atom. The quantitative estimate of drug-likeness (QED) is 0.651. The van der Waals surface area contributed by atoms with E-state index in [1.807, 2.05) is 18.2 Å². The Labute approximate surface area is 128 Å². The first-order valence-electron chi connectivity index (χ1n) is 6.80. The highest BCUT2D eigenvalue weighted by atomic mass is 16.5. The molecule has 0 aliphatic rings. The van der Waals surface area contributed by atoms with Gasteiger partial charge in [-0.15, -0.1) is 0 Å². The number of carbonyl (C=O) groups excluding carboxylic acids is 1. The van der Waals surface area contributed by atoms with Crippen molar-refractivity contribution in [2.75, 3.05) is 18.9 Å². The van der Waals surface area contributed by atoms with Crippen LogP contribution in [0.15, 0.2) is 43.0 Å². The lowest BCUT2D eigenvalue weighted by atomic mass is 10.1. The van der Waals surface area contributed by atoms with Crippen molar-refractivity contribution in [3.63, 3.8) is 0 Å². The van der Waals surface area contributed by atoms with E-state index < -0.39 is 5.97 Å². The van der Waals surface area contributed by atoms with Crippen LogP contribution in [0.1, 0.15) is 17.4 Å². The Hall–Kier alpha value is -2.89. The van der Waals surface area contributed by atoms with Crippen LogP contribution in [0.2, 0.25) is 0 Å². The normalized spacial score (nSPS) is 10.0. The van der Waals surface area contributed by atoms with E-state index in [0.717, 1.165) is 0 Å². The van der Waals surface area contributed by atoms with E-state index in [-0.39, 0.29) is 18.2 Å². The van der Waals surface area contributed by atoms with Gasteiger partial charge in [0, 0.05) is 5.56 Å². The third-order valence-electron chi connectivity index (χ3n) is 2.75. The van der Waals surface area contributed by atoms with Crippen LogP contribution in [0.25, 0.3) is 11.3 Å². The van der Waals surface area contributed by atoms with E-state index in [4.69, 9.17) is 15.2 Å². The van der Waals surface area contributed by atoms with Crippen molar-refractivity contribution in [3.05, 3.63) is 48.7 Å². The first-order chi connectivity index (χ1) is 10.7. The average molecular weight is 299 g/mol. The second-order valence-corrected chi connectivity index (χ2v) is 4.31. The number of rotatable bonds is 6. The number of nitrogens with two attached hydrogens (primary N) is 1. The first-order valence-corrected chi connectivity index (χ1v) is 6.80. The van der Waals surface area contributed by atoms with Gasteiger partial charge < -0.3 is 15.2 Å². The summed E-state index contributed by atoms with van der Waals surface area (Å²) in [6.45, 7) is 5.97. The third-order valence-corrected chi connectivity index (χ3v) is 2.75. The van der Waals surface area contributed by atoms with Crippen LogP contribution in [0.3, 0.4) is 0 Å². The zero-order chi connectivity index (χ0) is 15.9. The zero-order valence-electron chi connectivity index (χ0n) is 12.3. The van der Waals surface area contributed by atoms with Gasteiger partial charge in [-0.1, -0.05) is 24.8 Å². The molecule has 0 amide bonds. The van der Waals surface area contributed by atoms with Crippen LogP contribution < -0.4 is 10.5 Å². The summed E-state index contributed by atoms with van der Waals surface area (Å²) in [5.74, 6) is 0.0803. The van der Waals surface area contributed by atoms with Gasteiger partial charge in [-0.05, 0) is 25.1 Å². The minimum atomic E-state index is -0.539. The van der Waals surface area contributed by atoms with E-state index in [9.17, 15) is 4.79 Å². The highest BCUT2D eigenvalue weighted by Gasteiger charge is 2.15. The molecule has 0 aliphatic heterocycles. The van der Waals surface area contributed by atoms with Gasteiger partial charge in [0.15, 0.2) is 5.69 Å². The molecule has 0 radical (unpaired) electrons. The molecule has 0 spiro atoms. The molecule has 0 aliphatic carbocycles. The molecule has 0 unspecified atom stereocenters. The number of nitrogen functional groups attached to an aromatic ring is 1. The number of carbonyl (C=O) groups is 1. The van der Waals surface area contributed by atoms with E-state index >= 15 is 0 Å². The maximum Gasteiger partial charge on any atom is 0.357 e. The van der Waals surface area contributed by atoms with E-state index in [1.54, 1.807) is 19.1 Å². The summed E-state index contributed by atoms with van der Waals surface area (Å²) in [7, 11) is 0. The van der Waals surface area contributed by atoms with Crippen molar-refractivity contribution in [1.29, 1.82) is 0 Å². The SMILES string of the molecule is C=CCOc1ccccc1-c1cc(C(=O)OCC)nc(N)n1. The molecule has 114 valence electrons. The van der Waals surface area contributed by atoms with Crippen molar-refractivity contribution >= 4 is 11.9 Å². The molecule has 1 aromatic carbocycles. The Kier molecular flexibility index (Phi) is 5.08. The standard InChI is InChI=1S/C16H17N3O3/c1-3-9-22-14-8-6-5-7-11(14)12-10-13(15(20)21-4-2)19-16(17)18-12/h3,5-8,10H,1,4,9H2,2H3,(H2,17,18,19). The van der Waals surface area contributed by atoms with Gasteiger partial charge >= 0.3 is 5.97 Å². The summed E-state index contributed by atoms with van der Waals surface area (Å²) in [4.78, 5) is 19.9. The van der Waals surface area contributed by atoms with Crippen molar-refractivity contribution in [1.82, 2.24) is 9.97 Å². The summed E-state index contributed by atoms with van der Waals surface area (Å²) >= 11 is 0. The fourth-order valence-corrected chi connectivity index (χ4v) is 1.87. The summed E-state index contributed by atoms with van der Waals surface area (Å²) < 4.78 is 10.5. The number of para-hydroxylation sites is 1. The number of hydrogen-bond donors (Lipinski definition) is 1. The van der Waals surface area contributed by atoms with Gasteiger partial charge in [-0.3, -0.25) is 0 Å². The molecule has 1 aromatic heterocycles. The number of anilines is 1. The number of hydrogen-bond acceptors (Lipinski definition) is 6. The molecule has 0 fully saturated rings. The fraction of sp³-hybridized carbons (Fsp3) is 0.188. The minimum absolute atomic E-state index is 0.000855. The summed E-state index contributed by atoms with van der Waals surface area (Å²) in [5, 5.41) is 0. The maximum absolute atomic E-state index is 11.8. The Morgan fingerprint density at radius 2 is 2.14 bits per heavy atom. The second-order valence-electron chi connectivity index (χ2n) is 4.31. The Bertz CT molecular complexity index is 686. The lowest BCUT2D eigenvalue weighted by Gasteiger charge is -2.10. The van der Waals surface area contributed by atoms with Crippen LogP contribution in [0.4, 0.5) is 5.95 Å². The molecule has 6 nitrogen and oxygen atoms in total. The molecular weight excluding hydrogens is 282 g/mol. The smallest absolute Gasteiger partial charge is 0.357 e. The Morgan fingerprint density at radius 3 is 2.86 bits per heavy atom. The molecular formula is C16H17N3O3. The van der Waals surface area contributed by atoms with Gasteiger partial charge in [0.2, 0.25) is 5.95 Å². The van der Waals surface area contributed by atoms with Gasteiger partial charge in [0.05, 0.1) is 12.3 Å². The van der Waals surface area contributed by atoms with E-state index in [0.29, 0.717) is 23.6 Å². The molecule has 0 atom stereocenters. The van der Waals surface area contributed by atoms with Crippen molar-refractivity contribution in [2.45, 2.75) is 6.92 Å². The van der Waals surface area contributed by atoms with Gasteiger partial charge in [0.25, 0.3) is 0 Å². The first kappa shape index (κ1) is 15.5. The van der Waals surface area contributed by atoms with E-state index in [2.05, 4.69) is 16.5 Å². The van der Waals surface area contributed by atoms with Crippen LogP contribution in [-0.4, -0.2) is 29.2 Å². The lowest BCUT2D eigenvalue weighted by Crippen LogP contribution is -2.10. The highest BCUT2D eigenvalue weighted by molar-refractivity contribution is 5.89. The minimum Gasteiger partial charge on any atom is -0.489 e. The largest absolute Gasteiger partial charge is 0.489 e. The number of esters is 1. The number of ether oxygens (including phenoxy) is 2. The predicted molar refractivity (Wildman–Crippen MR) is 83.5 cm³/mol. The molecule has 0 saturated carbocycles. The number of aromatic nitrogens is 2. The summed E-state index contributed by atoms with van der Waals surface area (Å²) in [6.07, 6.45) is 1.65. The summed E-state index contributed by atoms with van der Waals surface area (Å²) in [6, 6.07) is 8.86. The highest BCUT2D eigenvalue weighted by Crippen LogP contribution is 2.29. The van der Waals surface area contributed by atoms with E-state index in [1.165, 1.54) is 6.07 Å². The number of nitrogens with zero attached hydrogens (tertiary/aromatic N) is 2. The van der Waals surface area contributed by atoms with Crippen LogP contribution in [0.5, 0.6) is 5.75 Å². The molecule has 2 N–H and O–H groups in total. The van der Waals surface area contributed by atoms with Crippen LogP contribution >= 0.6 is 0 Å². The summed E-state index contributed by atoms with van der Waals surface area (Å²) in [5.41, 5.74) is 7.02. The number of benzene rings is 1. The molecule has 0 bridgehead atoms. The fourth-order valence-electron chi connectivity index (χ4n) is 1.87. The molecule has 2 aromatic rings. The maximum atomic E-state index is 11.8. The predicted octanol–water partition coefficient (Wildman–Crippen LogP) is 2.47. The zero-order valence-corrected chi connectivity index (χ0v) is 12.3. The van der Waals surface area contributed by atoms with Crippen LogP contribution in [-0.2, 0) is 4.74 Å². The monoisotopic (exact) mass is 299 g/mol. The molecule has 22 heavy (non-hydrogen) atoms. The van der Waals surface area contributed by atoms with Crippen molar-refractivity contribution in [2.24, 2.45) is 0 Å².